The normalized spacial score (nSPS) is 13.0. The third-order valence-electron chi connectivity index (χ3n) is 21.8. The lowest BCUT2D eigenvalue weighted by atomic mass is 10.0. The summed E-state index contributed by atoms with van der Waals surface area (Å²) in [5.74, 6) is 1.66. The van der Waals surface area contributed by atoms with Gasteiger partial charge in [-0.2, -0.15) is 0 Å². The molecule has 2 atom stereocenters. The first-order valence-electron chi connectivity index (χ1n) is 42.2. The van der Waals surface area contributed by atoms with Crippen LogP contribution in [0.15, 0.2) is 328 Å². The fraction of sp³-hybridized carbons (Fsp3) is 0.181. The highest BCUT2D eigenvalue weighted by Gasteiger charge is 2.43. The molecule has 132 heavy (non-hydrogen) atoms. The van der Waals surface area contributed by atoms with Crippen molar-refractivity contribution in [1.29, 1.82) is 0 Å². The van der Waals surface area contributed by atoms with Crippen LogP contribution in [0.25, 0.3) is 21.5 Å². The maximum absolute atomic E-state index is 14.4. The fourth-order valence-electron chi connectivity index (χ4n) is 15.2. The molecule has 682 valence electrons. The van der Waals surface area contributed by atoms with Crippen molar-refractivity contribution in [2.75, 3.05) is 74.4 Å². The van der Waals surface area contributed by atoms with Gasteiger partial charge in [-0.3, -0.25) is 33.3 Å². The topological polar surface area (TPSA) is 269 Å². The summed E-state index contributed by atoms with van der Waals surface area (Å²) in [6.07, 6.45) is 3.74. The van der Waals surface area contributed by atoms with Gasteiger partial charge < -0.3 is 55.6 Å². The molecule has 0 amide bonds. The molecule has 0 bridgehead atoms. The largest absolute Gasteiger partial charge is 0.496 e. The SMILES string of the molecule is CCOP(=O)(OCC)C(=O)c1c(OC)cccc1OC.COc1ccc2ccccc2c1C(=O)P(=O)(c1ccccc1)c1ccccc1.COc1cccc(OC)c1C(=O)P(C)(=O)c1ccccc1.Cc1cc(C)c(C(=O)P(C)(=O)c2ccccc2)c(C)c1.O=C(c1c(Cl)cccc1Cl)P1(=O)CCCCC1.O=C(c1cccc2ccccc12)P(=O)(c1ccccc1)c1ccccc1. The summed E-state index contributed by atoms with van der Waals surface area (Å²) in [5, 5.41) is 7.30. The van der Waals surface area contributed by atoms with Crippen LogP contribution < -0.4 is 55.5 Å². The van der Waals surface area contributed by atoms with E-state index in [0.717, 1.165) is 57.5 Å². The number of carbonyl (C=O) groups excluding carboxylic acids is 6. The molecule has 1 fully saturated rings. The summed E-state index contributed by atoms with van der Waals surface area (Å²) < 4.78 is 116. The molecule has 0 aromatic heterocycles. The number of benzene rings is 14. The summed E-state index contributed by atoms with van der Waals surface area (Å²) in [5.41, 5.74) is 2.30. The molecule has 15 rings (SSSR count). The van der Waals surface area contributed by atoms with Gasteiger partial charge in [-0.25, -0.2) is 0 Å². The van der Waals surface area contributed by atoms with E-state index in [0.29, 0.717) is 88.1 Å². The van der Waals surface area contributed by atoms with Crippen LogP contribution in [0, 0.1) is 20.8 Å². The summed E-state index contributed by atoms with van der Waals surface area (Å²) in [7, 11) is -12.8. The molecule has 0 aliphatic carbocycles. The van der Waals surface area contributed by atoms with Crippen molar-refractivity contribution in [3.8, 4) is 28.7 Å². The molecule has 2 unspecified atom stereocenters. The van der Waals surface area contributed by atoms with E-state index >= 15 is 0 Å². The van der Waals surface area contributed by atoms with Crippen molar-refractivity contribution >= 4 is 153 Å². The molecular weight excluding hydrogens is 1820 g/mol. The molecule has 14 aromatic rings. The second-order valence-corrected chi connectivity index (χ2v) is 47.1. The first-order valence-corrected chi connectivity index (χ1v) is 54.3. The third kappa shape index (κ3) is 23.6. The molecular formula is C105H104Cl2O19P6. The van der Waals surface area contributed by atoms with E-state index in [-0.39, 0.29) is 58.0 Å². The smallest absolute Gasteiger partial charge is 0.401 e. The van der Waals surface area contributed by atoms with Gasteiger partial charge in [0.1, 0.15) is 39.9 Å². The minimum atomic E-state index is -3.91. The number of rotatable bonds is 27. The number of halogens is 2. The average molecular weight is 1930 g/mol. The lowest BCUT2D eigenvalue weighted by Crippen LogP contribution is -2.23. The van der Waals surface area contributed by atoms with Gasteiger partial charge in [0.25, 0.3) is 5.52 Å². The summed E-state index contributed by atoms with van der Waals surface area (Å²) in [6, 6.07) is 97.0. The molecule has 0 radical (unpaired) electrons. The second-order valence-electron chi connectivity index (χ2n) is 30.5. The Labute approximate surface area is 781 Å². The number of hydrogen-bond donors (Lipinski definition) is 0. The summed E-state index contributed by atoms with van der Waals surface area (Å²) in [6.45, 7) is 12.3. The molecule has 0 spiro atoms. The van der Waals surface area contributed by atoms with Gasteiger partial charge in [-0.15, -0.1) is 0 Å². The van der Waals surface area contributed by atoms with Crippen LogP contribution in [0.4, 0.5) is 0 Å². The molecule has 27 heteroatoms. The summed E-state index contributed by atoms with van der Waals surface area (Å²) >= 11 is 12.0. The van der Waals surface area contributed by atoms with E-state index in [4.69, 9.17) is 55.9 Å². The molecule has 1 heterocycles. The zero-order chi connectivity index (χ0) is 95.6. The van der Waals surface area contributed by atoms with Crippen LogP contribution in [-0.4, -0.2) is 108 Å². The van der Waals surface area contributed by atoms with E-state index in [1.807, 2.05) is 172 Å². The summed E-state index contributed by atoms with van der Waals surface area (Å²) in [4.78, 5) is 78.0. The van der Waals surface area contributed by atoms with E-state index in [2.05, 4.69) is 0 Å². The maximum Gasteiger partial charge on any atom is 0.401 e. The van der Waals surface area contributed by atoms with E-state index in [9.17, 15) is 56.2 Å². The lowest BCUT2D eigenvalue weighted by Gasteiger charge is -2.22. The van der Waals surface area contributed by atoms with Crippen molar-refractivity contribution in [2.24, 2.45) is 0 Å². The van der Waals surface area contributed by atoms with Crippen LogP contribution in [0.5, 0.6) is 28.7 Å². The Morgan fingerprint density at radius 3 is 1.02 bits per heavy atom. The Balaban J connectivity index is 0.000000166. The fourth-order valence-corrected chi connectivity index (χ4v) is 28.5. The monoisotopic (exact) mass is 1920 g/mol. The average Bonchev–Trinajstić information content (AvgIpc) is 0.743. The quantitative estimate of drug-likeness (QED) is 0.0433. The Morgan fingerprint density at radius 2 is 0.629 bits per heavy atom. The first-order chi connectivity index (χ1) is 63.3. The minimum Gasteiger partial charge on any atom is -0.496 e. The Kier molecular flexibility index (Phi) is 36.7. The highest BCUT2D eigenvalue weighted by atomic mass is 35.5. The molecule has 19 nitrogen and oxygen atoms in total. The number of ether oxygens (including phenoxy) is 5. The van der Waals surface area contributed by atoms with Gasteiger partial charge >= 0.3 is 7.60 Å². The van der Waals surface area contributed by atoms with Gasteiger partial charge in [0.15, 0.2) is 21.4 Å². The van der Waals surface area contributed by atoms with Gasteiger partial charge in [0.2, 0.25) is 41.9 Å². The molecule has 0 saturated carbocycles. The van der Waals surface area contributed by atoms with Gasteiger partial charge in [-0.05, 0) is 123 Å². The van der Waals surface area contributed by atoms with Crippen LogP contribution >= 0.6 is 66.5 Å². The van der Waals surface area contributed by atoms with Gasteiger partial charge in [-0.1, -0.05) is 320 Å². The zero-order valence-corrected chi connectivity index (χ0v) is 82.2. The predicted molar refractivity (Wildman–Crippen MR) is 537 cm³/mol. The highest BCUT2D eigenvalue weighted by molar-refractivity contribution is 7.94. The van der Waals surface area contributed by atoms with Gasteiger partial charge in [0.05, 0.1) is 69.9 Å². The Morgan fingerprint density at radius 1 is 0.318 bits per heavy atom. The number of methoxy groups -OCH3 is 5. The van der Waals surface area contributed by atoms with E-state index in [1.54, 1.807) is 196 Å². The van der Waals surface area contributed by atoms with Crippen molar-refractivity contribution < 1.29 is 88.9 Å². The van der Waals surface area contributed by atoms with E-state index < -0.39 is 59.9 Å². The number of hydrogen-bond acceptors (Lipinski definition) is 19. The third-order valence-corrected chi connectivity index (χ3v) is 37.6. The molecule has 14 aromatic carbocycles. The van der Waals surface area contributed by atoms with Crippen LogP contribution in [0.1, 0.15) is 112 Å². The van der Waals surface area contributed by atoms with Crippen molar-refractivity contribution in [3.05, 3.63) is 388 Å². The minimum absolute atomic E-state index is 0.0581. The second kappa shape index (κ2) is 47.2. The highest BCUT2D eigenvalue weighted by Crippen LogP contribution is 2.57. The molecule has 1 aliphatic heterocycles. The lowest BCUT2D eigenvalue weighted by molar-refractivity contribution is 0.0994. The van der Waals surface area contributed by atoms with E-state index in [1.165, 1.54) is 42.2 Å². The van der Waals surface area contributed by atoms with Crippen molar-refractivity contribution in [2.45, 2.75) is 53.9 Å². The first kappa shape index (κ1) is 103. The van der Waals surface area contributed by atoms with Crippen molar-refractivity contribution in [3.63, 3.8) is 0 Å². The number of fused-ring (bicyclic) bond motifs is 2. The maximum atomic E-state index is 14.4. The Hall–Kier alpha value is -11.5. The predicted octanol–water partition coefficient (Wildman–Crippen LogP) is 25.0. The number of aryl methyl sites for hydroxylation is 3. The molecule has 1 aliphatic rings. The zero-order valence-electron chi connectivity index (χ0n) is 75.3. The standard InChI is InChI=1S/C24H19O3P.C23H17O2P.C17H19O2P.C16H17O4P.C13H19O6P.C12H13Cl2O2P/c1-27-22-17-16-18-10-8-9-15-21(18)23(22)24(25)28(26,19-11-4-2-5-12-19)20-13-6-3-7-14-20;24-23(22-17-9-11-18-10-7-8-16-21(18)22)26(25,19-12-3-1-4-13-19)20-14-5-2-6-15-20;1-12-10-13(2)16(14(3)11-12)17(18)20(4,19)15-8-6-5-7-9-15;1-19-13-10-7-11-14(20-2)15(13)16(17)21(3,18)12-8-5-4-6-9-12;1-5-18-20(15,19-6-2)13(14)12-10(16-3)8-7-9-11(12)17-4;13-9-5-4-6-10(14)11(9)12(15)17(16)7-2-1-3-8-17/h2-17H,1H3;1-17H;5-11H,1-4H3;4-11H,1-3H3;7-9H,5-6H2,1-4H3;4-6H,1-3,7-8H2. The number of carbonyl (C=O) groups is 6. The van der Waals surface area contributed by atoms with Crippen LogP contribution in [0.3, 0.4) is 0 Å². The van der Waals surface area contributed by atoms with Gasteiger partial charge in [0, 0.05) is 68.6 Å². The molecule has 1 saturated heterocycles. The Bertz CT molecular complexity index is 6570. The van der Waals surface area contributed by atoms with Crippen LogP contribution in [-0.2, 0) is 36.4 Å². The van der Waals surface area contributed by atoms with Crippen molar-refractivity contribution in [1.82, 2.24) is 0 Å². The van der Waals surface area contributed by atoms with Crippen LogP contribution in [0.2, 0.25) is 10.0 Å². The molecule has 0 N–H and O–H groups in total.